The Hall–Kier alpha value is -2.16. The van der Waals surface area contributed by atoms with E-state index < -0.39 is 34.6 Å². The zero-order chi connectivity index (χ0) is 26.0. The molecule has 1 aliphatic carbocycles. The number of nitrogens with one attached hydrogen (secondary N) is 2. The summed E-state index contributed by atoms with van der Waals surface area (Å²) in [6.45, 7) is 0. The van der Waals surface area contributed by atoms with Gasteiger partial charge in [-0.25, -0.2) is 9.97 Å². The van der Waals surface area contributed by atoms with Crippen molar-refractivity contribution in [2.45, 2.75) is 37.1 Å². The molecule has 1 saturated carbocycles. The Morgan fingerprint density at radius 2 is 2.08 bits per heavy atom. The van der Waals surface area contributed by atoms with Gasteiger partial charge in [-0.2, -0.15) is 13.1 Å². The standard InChI is InChI=1S/C22H23Cl2N5O5S2/c1-26-36(32,33)34-17-7-13(6-16(17)30)29-22-15(9-27-10-28-22)20(31)18-8-14(21(24)35-18)19(25)11-3-2-4-12(23)5-11/h2-5,8-10,13,16-17,19,26,30H,6-7,25H2,1H3,(H,27,28,29)/t13-,16+,17-,19+/m1/s1. The molecule has 0 bridgehead atoms. The maximum Gasteiger partial charge on any atom is 0.335 e. The number of aromatic nitrogens is 2. The largest absolute Gasteiger partial charge is 0.390 e. The van der Waals surface area contributed by atoms with Crippen LogP contribution in [0.5, 0.6) is 0 Å². The first-order chi connectivity index (χ1) is 17.1. The zero-order valence-electron chi connectivity index (χ0n) is 18.9. The van der Waals surface area contributed by atoms with E-state index in [4.69, 9.17) is 33.1 Å². The molecule has 192 valence electrons. The molecule has 0 unspecified atom stereocenters. The highest BCUT2D eigenvalue weighted by Gasteiger charge is 2.37. The second-order valence-corrected chi connectivity index (χ2v) is 11.8. The third-order valence-electron chi connectivity index (χ3n) is 5.75. The highest BCUT2D eigenvalue weighted by atomic mass is 35.5. The molecule has 4 atom stereocenters. The average Bonchev–Trinajstić information content (AvgIpc) is 3.40. The molecule has 0 saturated heterocycles. The van der Waals surface area contributed by atoms with E-state index in [2.05, 4.69) is 20.0 Å². The van der Waals surface area contributed by atoms with Gasteiger partial charge in [0.1, 0.15) is 18.2 Å². The van der Waals surface area contributed by atoms with Gasteiger partial charge in [0.15, 0.2) is 0 Å². The second-order valence-electron chi connectivity index (χ2n) is 8.16. The van der Waals surface area contributed by atoms with Crippen LogP contribution in [0.3, 0.4) is 0 Å². The molecule has 14 heteroatoms. The van der Waals surface area contributed by atoms with Crippen molar-refractivity contribution in [3.63, 3.8) is 0 Å². The number of hydrogen-bond acceptors (Lipinski definition) is 10. The van der Waals surface area contributed by atoms with E-state index in [1.54, 1.807) is 24.3 Å². The second kappa shape index (κ2) is 11.1. The molecule has 2 aromatic heterocycles. The van der Waals surface area contributed by atoms with Gasteiger partial charge in [-0.1, -0.05) is 35.3 Å². The van der Waals surface area contributed by atoms with Gasteiger partial charge in [0, 0.05) is 29.9 Å². The van der Waals surface area contributed by atoms with Crippen molar-refractivity contribution >= 4 is 56.4 Å². The Labute approximate surface area is 222 Å². The van der Waals surface area contributed by atoms with E-state index in [-0.39, 0.29) is 30.0 Å². The maximum absolute atomic E-state index is 13.4. The molecule has 5 N–H and O–H groups in total. The van der Waals surface area contributed by atoms with Gasteiger partial charge in [0.25, 0.3) is 0 Å². The summed E-state index contributed by atoms with van der Waals surface area (Å²) in [5, 5.41) is 13.9. The van der Waals surface area contributed by atoms with Crippen LogP contribution in [0.15, 0.2) is 42.9 Å². The first-order valence-electron chi connectivity index (χ1n) is 10.8. The molecule has 1 aromatic carbocycles. The minimum atomic E-state index is -3.97. The lowest BCUT2D eigenvalue weighted by atomic mass is 10.0. The van der Waals surface area contributed by atoms with Gasteiger partial charge in [-0.3, -0.25) is 8.98 Å². The Balaban J connectivity index is 1.53. The molecular formula is C22H23Cl2N5O5S2. The van der Waals surface area contributed by atoms with E-state index >= 15 is 0 Å². The van der Waals surface area contributed by atoms with Gasteiger partial charge in [-0.05, 0) is 36.6 Å². The lowest BCUT2D eigenvalue weighted by Gasteiger charge is -2.15. The van der Waals surface area contributed by atoms with Crippen LogP contribution in [0.2, 0.25) is 9.36 Å². The first-order valence-corrected chi connectivity index (χ1v) is 13.8. The van der Waals surface area contributed by atoms with Crippen LogP contribution in [-0.4, -0.2) is 54.6 Å². The molecule has 1 aliphatic rings. The van der Waals surface area contributed by atoms with Crippen LogP contribution in [-0.2, 0) is 14.5 Å². The summed E-state index contributed by atoms with van der Waals surface area (Å²) in [4.78, 5) is 21.9. The van der Waals surface area contributed by atoms with Crippen molar-refractivity contribution in [1.82, 2.24) is 14.7 Å². The molecule has 1 fully saturated rings. The predicted octanol–water partition coefficient (Wildman–Crippen LogP) is 2.91. The third-order valence-corrected chi connectivity index (χ3v) is 8.37. The van der Waals surface area contributed by atoms with Crippen molar-refractivity contribution < 1.29 is 22.5 Å². The van der Waals surface area contributed by atoms with Crippen LogP contribution in [0.25, 0.3) is 0 Å². The number of aliphatic hydroxyl groups excluding tert-OH is 1. The molecule has 3 aromatic rings. The summed E-state index contributed by atoms with van der Waals surface area (Å²) >= 11 is 13.6. The molecule has 0 radical (unpaired) electrons. The molecule has 0 amide bonds. The SMILES string of the molecule is CNS(=O)(=O)O[C@@H]1C[C@H](Nc2ncncc2C(=O)c2cc([C@@H](N)c3cccc(Cl)c3)c(Cl)s2)C[C@@H]1O. The summed E-state index contributed by atoms with van der Waals surface area (Å²) < 4.78 is 30.8. The summed E-state index contributed by atoms with van der Waals surface area (Å²) in [7, 11) is -2.75. The molecule has 10 nitrogen and oxygen atoms in total. The van der Waals surface area contributed by atoms with Gasteiger partial charge >= 0.3 is 10.3 Å². The number of nitrogens with zero attached hydrogens (tertiary/aromatic N) is 2. The molecule has 36 heavy (non-hydrogen) atoms. The van der Waals surface area contributed by atoms with Crippen molar-refractivity contribution in [2.24, 2.45) is 5.73 Å². The number of ketones is 1. The van der Waals surface area contributed by atoms with Crippen LogP contribution in [0, 0.1) is 0 Å². The monoisotopic (exact) mass is 571 g/mol. The minimum Gasteiger partial charge on any atom is -0.390 e. The minimum absolute atomic E-state index is 0.184. The van der Waals surface area contributed by atoms with E-state index in [0.717, 1.165) is 16.9 Å². The van der Waals surface area contributed by atoms with E-state index in [9.17, 15) is 18.3 Å². The molecule has 0 spiro atoms. The fraction of sp³-hybridized carbons (Fsp3) is 0.318. The predicted molar refractivity (Wildman–Crippen MR) is 138 cm³/mol. The number of thiophene rings is 1. The van der Waals surface area contributed by atoms with Crippen molar-refractivity contribution in [1.29, 1.82) is 0 Å². The fourth-order valence-electron chi connectivity index (χ4n) is 3.93. The number of halogens is 2. The third kappa shape index (κ3) is 6.03. The number of carbonyl (C=O) groups excluding carboxylic acids is 1. The summed E-state index contributed by atoms with van der Waals surface area (Å²) in [6.07, 6.45) is 1.10. The van der Waals surface area contributed by atoms with E-state index in [0.29, 0.717) is 19.8 Å². The number of rotatable bonds is 9. The zero-order valence-corrected chi connectivity index (χ0v) is 22.0. The summed E-state index contributed by atoms with van der Waals surface area (Å²) in [5.74, 6) is -0.117. The smallest absolute Gasteiger partial charge is 0.335 e. The Kier molecular flexibility index (Phi) is 8.27. The number of carbonyl (C=O) groups is 1. The van der Waals surface area contributed by atoms with Gasteiger partial charge in [0.05, 0.1) is 26.9 Å². The molecular weight excluding hydrogens is 549 g/mol. The number of aliphatic hydroxyl groups is 1. The van der Waals surface area contributed by atoms with Gasteiger partial charge < -0.3 is 16.2 Å². The number of benzene rings is 1. The quantitative estimate of drug-likeness (QED) is 0.283. The van der Waals surface area contributed by atoms with Crippen molar-refractivity contribution in [2.75, 3.05) is 12.4 Å². The summed E-state index contributed by atoms with van der Waals surface area (Å²) in [6, 6.07) is 7.76. The first kappa shape index (κ1) is 26.9. The Bertz CT molecular complexity index is 1370. The maximum atomic E-state index is 13.4. The van der Waals surface area contributed by atoms with Gasteiger partial charge in [0.2, 0.25) is 5.78 Å². The number of nitrogens with two attached hydrogens (primary N) is 1. The van der Waals surface area contributed by atoms with Crippen molar-refractivity contribution in [3.05, 3.63) is 73.8 Å². The molecule has 2 heterocycles. The highest BCUT2D eigenvalue weighted by molar-refractivity contribution is 7.84. The molecule has 4 rings (SSSR count). The summed E-state index contributed by atoms with van der Waals surface area (Å²) in [5.41, 5.74) is 7.92. The average molecular weight is 572 g/mol. The van der Waals surface area contributed by atoms with E-state index in [1.165, 1.54) is 19.6 Å². The lowest BCUT2D eigenvalue weighted by molar-refractivity contribution is 0.0636. The van der Waals surface area contributed by atoms with Gasteiger partial charge in [-0.15, -0.1) is 11.3 Å². The van der Waals surface area contributed by atoms with Crippen molar-refractivity contribution in [3.8, 4) is 0 Å². The van der Waals surface area contributed by atoms with Crippen LogP contribution >= 0.6 is 34.5 Å². The normalized spacial score (nSPS) is 20.9. The topological polar surface area (TPSA) is 157 Å². The van der Waals surface area contributed by atoms with Crippen LogP contribution in [0.4, 0.5) is 5.82 Å². The Morgan fingerprint density at radius 3 is 2.81 bits per heavy atom. The van der Waals surface area contributed by atoms with Crippen LogP contribution < -0.4 is 15.8 Å². The van der Waals surface area contributed by atoms with Crippen LogP contribution in [0.1, 0.15) is 45.2 Å². The molecule has 0 aliphatic heterocycles. The highest BCUT2D eigenvalue weighted by Crippen LogP contribution is 2.36. The number of anilines is 1. The van der Waals surface area contributed by atoms with E-state index in [1.807, 2.05) is 6.07 Å². The lowest BCUT2D eigenvalue weighted by Crippen LogP contribution is -2.31. The fourth-order valence-corrected chi connectivity index (χ4v) is 6.07. The Morgan fingerprint density at radius 1 is 1.31 bits per heavy atom. The number of hydrogen-bond donors (Lipinski definition) is 4.